The topological polar surface area (TPSA) is 38.2 Å². The molecule has 1 unspecified atom stereocenters. The third-order valence-electron chi connectivity index (χ3n) is 5.09. The number of fused-ring (bicyclic) bond motifs is 2. The largest absolute Gasteiger partial charge is 0.370 e. The molecule has 0 radical (unpaired) electrons. The highest BCUT2D eigenvalue weighted by Crippen LogP contribution is 2.47. The predicted molar refractivity (Wildman–Crippen MR) is 96.8 cm³/mol. The summed E-state index contributed by atoms with van der Waals surface area (Å²) in [4.78, 5) is 12.0. The molecule has 128 valence electrons. The maximum absolute atomic E-state index is 6.31. The van der Waals surface area contributed by atoms with Crippen LogP contribution in [0.15, 0.2) is 18.5 Å². The number of thiophene rings is 1. The molecular weight excluding hydrogens is 365 g/mol. The summed E-state index contributed by atoms with van der Waals surface area (Å²) in [6.07, 6.45) is 6.57. The summed E-state index contributed by atoms with van der Waals surface area (Å²) >= 11 is 13.7. The van der Waals surface area contributed by atoms with Gasteiger partial charge in [-0.1, -0.05) is 11.6 Å². The molecule has 4 nitrogen and oxygen atoms in total. The molecule has 2 aromatic heterocycles. The second kappa shape index (κ2) is 6.54. The van der Waals surface area contributed by atoms with Gasteiger partial charge < -0.3 is 4.74 Å². The molecule has 7 heteroatoms. The van der Waals surface area contributed by atoms with Gasteiger partial charge in [0.25, 0.3) is 0 Å². The molecule has 2 atom stereocenters. The summed E-state index contributed by atoms with van der Waals surface area (Å²) in [5, 5.41) is 0.293. The van der Waals surface area contributed by atoms with Gasteiger partial charge >= 0.3 is 0 Å². The molecule has 24 heavy (non-hydrogen) atoms. The van der Waals surface area contributed by atoms with Crippen molar-refractivity contribution in [1.29, 1.82) is 0 Å². The monoisotopic (exact) mass is 383 g/mol. The molecule has 1 fully saturated rings. The van der Waals surface area contributed by atoms with Gasteiger partial charge in [0.05, 0.1) is 16.5 Å². The highest BCUT2D eigenvalue weighted by atomic mass is 35.5. The van der Waals surface area contributed by atoms with Gasteiger partial charge in [0, 0.05) is 48.4 Å². The van der Waals surface area contributed by atoms with Crippen LogP contribution in [0.5, 0.6) is 0 Å². The normalized spacial score (nSPS) is 27.4. The van der Waals surface area contributed by atoms with Crippen molar-refractivity contribution in [2.75, 3.05) is 13.2 Å². The van der Waals surface area contributed by atoms with Crippen LogP contribution in [0.25, 0.3) is 0 Å². The van der Waals surface area contributed by atoms with Crippen LogP contribution in [-0.2, 0) is 23.3 Å². The van der Waals surface area contributed by atoms with Gasteiger partial charge in [-0.15, -0.1) is 11.3 Å². The molecule has 2 aromatic rings. The second-order valence-electron chi connectivity index (χ2n) is 6.61. The second-order valence-corrected chi connectivity index (χ2v) is 8.72. The summed E-state index contributed by atoms with van der Waals surface area (Å²) in [6.45, 7) is 4.88. The first-order chi connectivity index (χ1) is 11.6. The Morgan fingerprint density at radius 3 is 2.92 bits per heavy atom. The molecule has 4 rings (SSSR count). The smallest absolute Gasteiger partial charge is 0.222 e. The van der Waals surface area contributed by atoms with E-state index >= 15 is 0 Å². The molecule has 2 aliphatic heterocycles. The Hall–Kier alpha value is -0.720. The lowest BCUT2D eigenvalue weighted by molar-refractivity contribution is -0.112. The van der Waals surface area contributed by atoms with Crippen molar-refractivity contribution < 1.29 is 4.74 Å². The molecule has 0 saturated carbocycles. The standard InChI is InChI=1S/C17H19Cl2N3OS/c1-11-7-17(13-6-15(18)24-14(13)2-5-23-17)3-4-22(11)10-12-8-20-16(19)21-9-12/h6,8-9,11H,2-5,7,10H2,1H3/t11-,17?/m0/s1. The van der Waals surface area contributed by atoms with Crippen LogP contribution in [0.1, 0.15) is 35.8 Å². The Bertz CT molecular complexity index is 736. The third kappa shape index (κ3) is 3.08. The maximum atomic E-state index is 6.31. The zero-order valence-electron chi connectivity index (χ0n) is 13.5. The molecule has 0 amide bonds. The van der Waals surface area contributed by atoms with Crippen LogP contribution >= 0.6 is 34.5 Å². The minimum atomic E-state index is -0.163. The minimum Gasteiger partial charge on any atom is -0.370 e. The fourth-order valence-electron chi connectivity index (χ4n) is 3.90. The first-order valence-electron chi connectivity index (χ1n) is 8.19. The predicted octanol–water partition coefficient (Wildman–Crippen LogP) is 4.30. The number of piperidine rings is 1. The fourth-order valence-corrected chi connectivity index (χ4v) is 5.34. The summed E-state index contributed by atoms with van der Waals surface area (Å²) in [6, 6.07) is 2.54. The summed E-state index contributed by atoms with van der Waals surface area (Å²) in [7, 11) is 0. The number of aromatic nitrogens is 2. The van der Waals surface area contributed by atoms with E-state index in [1.54, 1.807) is 23.7 Å². The molecule has 4 heterocycles. The van der Waals surface area contributed by atoms with Crippen LogP contribution in [0.4, 0.5) is 0 Å². The van der Waals surface area contributed by atoms with Crippen LogP contribution < -0.4 is 0 Å². The number of halogens is 2. The number of nitrogens with zero attached hydrogens (tertiary/aromatic N) is 3. The van der Waals surface area contributed by atoms with Gasteiger partial charge in [-0.05, 0) is 43.0 Å². The van der Waals surface area contributed by atoms with Crippen LogP contribution in [-0.4, -0.2) is 34.1 Å². The van der Waals surface area contributed by atoms with Crippen molar-refractivity contribution in [3.05, 3.63) is 44.1 Å². The lowest BCUT2D eigenvalue weighted by Crippen LogP contribution is -2.50. The van der Waals surface area contributed by atoms with E-state index in [1.165, 1.54) is 10.4 Å². The van der Waals surface area contributed by atoms with Gasteiger partial charge in [0.15, 0.2) is 0 Å². The van der Waals surface area contributed by atoms with Gasteiger partial charge in [-0.25, -0.2) is 9.97 Å². The van der Waals surface area contributed by atoms with Gasteiger partial charge in [0.1, 0.15) is 0 Å². The van der Waals surface area contributed by atoms with E-state index < -0.39 is 0 Å². The summed E-state index contributed by atoms with van der Waals surface area (Å²) in [5.74, 6) is 0. The lowest BCUT2D eigenvalue weighted by atomic mass is 9.79. The molecule has 0 N–H and O–H groups in total. The fraction of sp³-hybridized carbons (Fsp3) is 0.529. The first kappa shape index (κ1) is 16.7. The minimum absolute atomic E-state index is 0.163. The lowest BCUT2D eigenvalue weighted by Gasteiger charge is -2.47. The average Bonchev–Trinajstić information content (AvgIpc) is 2.94. The number of likely N-dealkylation sites (tertiary alicyclic amines) is 1. The van der Waals surface area contributed by atoms with E-state index in [2.05, 4.69) is 27.9 Å². The SMILES string of the molecule is C[C@H]1CC2(CCN1Cc1cnc(Cl)nc1)OCCc1sc(Cl)cc12. The van der Waals surface area contributed by atoms with E-state index in [1.807, 2.05) is 0 Å². The molecular formula is C17H19Cl2N3OS. The van der Waals surface area contributed by atoms with Crippen LogP contribution in [0.2, 0.25) is 9.62 Å². The Morgan fingerprint density at radius 2 is 2.17 bits per heavy atom. The molecule has 1 saturated heterocycles. The number of hydrogen-bond donors (Lipinski definition) is 0. The van der Waals surface area contributed by atoms with Crippen molar-refractivity contribution >= 4 is 34.5 Å². The highest BCUT2D eigenvalue weighted by molar-refractivity contribution is 7.16. The summed E-state index contributed by atoms with van der Waals surface area (Å²) < 4.78 is 7.18. The highest BCUT2D eigenvalue weighted by Gasteiger charge is 2.44. The van der Waals surface area contributed by atoms with Crippen molar-refractivity contribution in [1.82, 2.24) is 14.9 Å². The molecule has 0 bridgehead atoms. The van der Waals surface area contributed by atoms with E-state index in [9.17, 15) is 0 Å². The number of ether oxygens (including phenoxy) is 1. The molecule has 2 aliphatic rings. The van der Waals surface area contributed by atoms with E-state index in [0.29, 0.717) is 11.3 Å². The van der Waals surface area contributed by atoms with E-state index in [4.69, 9.17) is 27.9 Å². The van der Waals surface area contributed by atoms with Gasteiger partial charge in [-0.2, -0.15) is 0 Å². The van der Waals surface area contributed by atoms with Crippen molar-refractivity contribution in [2.45, 2.75) is 44.4 Å². The Labute approximate surface area is 155 Å². The number of hydrogen-bond acceptors (Lipinski definition) is 5. The Balaban J connectivity index is 1.51. The first-order valence-corrected chi connectivity index (χ1v) is 9.76. The van der Waals surface area contributed by atoms with Crippen LogP contribution in [0, 0.1) is 0 Å². The Morgan fingerprint density at radius 1 is 1.38 bits per heavy atom. The van der Waals surface area contributed by atoms with Crippen molar-refractivity contribution in [3.63, 3.8) is 0 Å². The van der Waals surface area contributed by atoms with Gasteiger partial charge in [0.2, 0.25) is 5.28 Å². The summed E-state index contributed by atoms with van der Waals surface area (Å²) in [5.41, 5.74) is 2.25. The number of rotatable bonds is 2. The van der Waals surface area contributed by atoms with Gasteiger partial charge in [-0.3, -0.25) is 4.90 Å². The van der Waals surface area contributed by atoms with Crippen molar-refractivity contribution in [3.8, 4) is 0 Å². The molecule has 0 aliphatic carbocycles. The van der Waals surface area contributed by atoms with E-state index in [0.717, 1.165) is 48.9 Å². The van der Waals surface area contributed by atoms with E-state index in [-0.39, 0.29) is 5.60 Å². The molecule has 0 aromatic carbocycles. The Kier molecular flexibility index (Phi) is 4.56. The zero-order chi connectivity index (χ0) is 16.7. The molecule has 1 spiro atoms. The maximum Gasteiger partial charge on any atom is 0.222 e. The van der Waals surface area contributed by atoms with Crippen molar-refractivity contribution in [2.24, 2.45) is 0 Å². The third-order valence-corrected chi connectivity index (χ3v) is 6.61. The quantitative estimate of drug-likeness (QED) is 0.724. The zero-order valence-corrected chi connectivity index (χ0v) is 15.8. The van der Waals surface area contributed by atoms with Crippen LogP contribution in [0.3, 0.4) is 0 Å². The average molecular weight is 384 g/mol.